The molecule has 6 heteroatoms. The number of aromatic carboxylic acids is 1. The summed E-state index contributed by atoms with van der Waals surface area (Å²) in [4.78, 5) is 12.1. The van der Waals surface area contributed by atoms with Crippen LogP contribution in [0.1, 0.15) is 15.2 Å². The molecule has 1 N–H and O–H groups in total. The third-order valence-electron chi connectivity index (χ3n) is 2.42. The fourth-order valence-electron chi connectivity index (χ4n) is 1.51. The van der Waals surface area contributed by atoms with E-state index < -0.39 is 5.97 Å². The van der Waals surface area contributed by atoms with Gasteiger partial charge in [-0.25, -0.2) is 4.79 Å². The Morgan fingerprint density at radius 3 is 2.74 bits per heavy atom. The van der Waals surface area contributed by atoms with Gasteiger partial charge in [0, 0.05) is 4.88 Å². The molecule has 0 aliphatic heterocycles. The quantitative estimate of drug-likeness (QED) is 0.914. The van der Waals surface area contributed by atoms with Gasteiger partial charge in [0.25, 0.3) is 0 Å². The van der Waals surface area contributed by atoms with Gasteiger partial charge in [-0.1, -0.05) is 11.6 Å². The van der Waals surface area contributed by atoms with Gasteiger partial charge in [0.2, 0.25) is 0 Å². The summed E-state index contributed by atoms with van der Waals surface area (Å²) in [6.07, 6.45) is 0. The zero-order valence-corrected chi connectivity index (χ0v) is 11.6. The number of ether oxygens (including phenoxy) is 2. The zero-order chi connectivity index (χ0) is 13.8. The molecular formula is C13H11ClO4S. The number of rotatable bonds is 5. The predicted octanol–water partition coefficient (Wildman–Crippen LogP) is 3.69. The normalized spacial score (nSPS) is 10.2. The van der Waals surface area contributed by atoms with E-state index in [1.54, 1.807) is 18.2 Å². The standard InChI is InChI=1S/C13H11ClO4S/c1-17-8-2-4-11(10(6-8)13(15)16)18-7-9-3-5-12(14)19-9/h2-6H,7H2,1H3,(H,15,16). The van der Waals surface area contributed by atoms with Gasteiger partial charge >= 0.3 is 5.97 Å². The molecule has 19 heavy (non-hydrogen) atoms. The second-order valence-electron chi connectivity index (χ2n) is 3.66. The number of thiophene rings is 1. The number of benzene rings is 1. The first-order chi connectivity index (χ1) is 9.10. The van der Waals surface area contributed by atoms with Crippen molar-refractivity contribution in [3.8, 4) is 11.5 Å². The van der Waals surface area contributed by atoms with Crippen LogP contribution in [0, 0.1) is 0 Å². The van der Waals surface area contributed by atoms with E-state index in [-0.39, 0.29) is 12.2 Å². The first-order valence-electron chi connectivity index (χ1n) is 5.38. The Morgan fingerprint density at radius 2 is 2.16 bits per heavy atom. The number of carbonyl (C=O) groups is 1. The minimum absolute atomic E-state index is 0.0713. The van der Waals surface area contributed by atoms with Crippen molar-refractivity contribution in [2.45, 2.75) is 6.61 Å². The van der Waals surface area contributed by atoms with Crippen LogP contribution in [0.2, 0.25) is 4.34 Å². The highest BCUT2D eigenvalue weighted by molar-refractivity contribution is 7.16. The van der Waals surface area contributed by atoms with E-state index in [9.17, 15) is 4.79 Å². The average Bonchev–Trinajstić information content (AvgIpc) is 2.82. The fourth-order valence-corrected chi connectivity index (χ4v) is 2.51. The molecule has 0 spiro atoms. The van der Waals surface area contributed by atoms with Crippen LogP contribution in [0.3, 0.4) is 0 Å². The number of methoxy groups -OCH3 is 1. The van der Waals surface area contributed by atoms with Gasteiger partial charge in [-0.05, 0) is 30.3 Å². The van der Waals surface area contributed by atoms with Gasteiger partial charge in [-0.15, -0.1) is 11.3 Å². The van der Waals surface area contributed by atoms with Crippen LogP contribution in [0.4, 0.5) is 0 Å². The zero-order valence-electron chi connectivity index (χ0n) is 10.1. The molecule has 2 rings (SSSR count). The van der Waals surface area contributed by atoms with Crippen molar-refractivity contribution in [1.82, 2.24) is 0 Å². The highest BCUT2D eigenvalue weighted by Gasteiger charge is 2.13. The molecule has 100 valence electrons. The summed E-state index contributed by atoms with van der Waals surface area (Å²) in [7, 11) is 1.48. The number of carboxylic acid groups (broad SMARTS) is 1. The van der Waals surface area contributed by atoms with Crippen LogP contribution in [0.15, 0.2) is 30.3 Å². The van der Waals surface area contributed by atoms with Crippen molar-refractivity contribution < 1.29 is 19.4 Å². The lowest BCUT2D eigenvalue weighted by molar-refractivity contribution is 0.0691. The molecule has 0 radical (unpaired) electrons. The van der Waals surface area contributed by atoms with Crippen LogP contribution < -0.4 is 9.47 Å². The van der Waals surface area contributed by atoms with Gasteiger partial charge in [-0.2, -0.15) is 0 Å². The number of hydrogen-bond acceptors (Lipinski definition) is 4. The molecular weight excluding hydrogens is 288 g/mol. The molecule has 1 aromatic carbocycles. The lowest BCUT2D eigenvalue weighted by Crippen LogP contribution is -2.03. The molecule has 4 nitrogen and oxygen atoms in total. The Bertz CT molecular complexity index is 594. The molecule has 1 aromatic heterocycles. The molecule has 0 atom stereocenters. The maximum Gasteiger partial charge on any atom is 0.339 e. The van der Waals surface area contributed by atoms with Crippen LogP contribution >= 0.6 is 22.9 Å². The lowest BCUT2D eigenvalue weighted by atomic mass is 10.2. The molecule has 2 aromatic rings. The summed E-state index contributed by atoms with van der Waals surface area (Å²) in [5.74, 6) is -0.278. The lowest BCUT2D eigenvalue weighted by Gasteiger charge is -2.09. The largest absolute Gasteiger partial charge is 0.497 e. The van der Waals surface area contributed by atoms with Gasteiger partial charge in [0.05, 0.1) is 11.4 Å². The third kappa shape index (κ3) is 3.39. The van der Waals surface area contributed by atoms with E-state index in [0.717, 1.165) is 4.88 Å². The van der Waals surface area contributed by atoms with E-state index in [4.69, 9.17) is 26.2 Å². The third-order valence-corrected chi connectivity index (χ3v) is 3.62. The van der Waals surface area contributed by atoms with E-state index in [1.807, 2.05) is 6.07 Å². The minimum atomic E-state index is -1.06. The molecule has 0 saturated heterocycles. The first kappa shape index (κ1) is 13.7. The van der Waals surface area contributed by atoms with Crippen molar-refractivity contribution in [2.24, 2.45) is 0 Å². The second kappa shape index (κ2) is 5.95. The summed E-state index contributed by atoms with van der Waals surface area (Å²) in [6, 6.07) is 8.29. The average molecular weight is 299 g/mol. The maximum atomic E-state index is 11.2. The minimum Gasteiger partial charge on any atom is -0.497 e. The molecule has 0 unspecified atom stereocenters. The Hall–Kier alpha value is -1.72. The topological polar surface area (TPSA) is 55.8 Å². The number of hydrogen-bond donors (Lipinski definition) is 1. The summed E-state index contributed by atoms with van der Waals surface area (Å²) in [6.45, 7) is 0.282. The van der Waals surface area contributed by atoms with Crippen LogP contribution in [-0.4, -0.2) is 18.2 Å². The van der Waals surface area contributed by atoms with E-state index in [2.05, 4.69) is 0 Å². The Kier molecular flexibility index (Phi) is 4.29. The molecule has 0 saturated carbocycles. The second-order valence-corrected chi connectivity index (χ2v) is 5.46. The molecule has 1 heterocycles. The molecule has 0 fully saturated rings. The fraction of sp³-hybridized carbons (Fsp3) is 0.154. The predicted molar refractivity (Wildman–Crippen MR) is 73.6 cm³/mol. The van der Waals surface area contributed by atoms with E-state index in [1.165, 1.54) is 24.5 Å². The summed E-state index contributed by atoms with van der Waals surface area (Å²) in [5, 5.41) is 9.13. The smallest absolute Gasteiger partial charge is 0.339 e. The van der Waals surface area contributed by atoms with Crippen molar-refractivity contribution in [1.29, 1.82) is 0 Å². The van der Waals surface area contributed by atoms with Crippen molar-refractivity contribution >= 4 is 28.9 Å². The SMILES string of the molecule is COc1ccc(OCc2ccc(Cl)s2)c(C(=O)O)c1. The highest BCUT2D eigenvalue weighted by Crippen LogP contribution is 2.27. The molecule has 0 bridgehead atoms. The van der Waals surface area contributed by atoms with Gasteiger partial charge in [0.1, 0.15) is 23.7 Å². The van der Waals surface area contributed by atoms with Gasteiger partial charge < -0.3 is 14.6 Å². The van der Waals surface area contributed by atoms with Gasteiger partial charge in [0.15, 0.2) is 0 Å². The number of carboxylic acids is 1. The first-order valence-corrected chi connectivity index (χ1v) is 6.58. The van der Waals surface area contributed by atoms with Crippen LogP contribution in [0.5, 0.6) is 11.5 Å². The monoisotopic (exact) mass is 298 g/mol. The van der Waals surface area contributed by atoms with E-state index >= 15 is 0 Å². The highest BCUT2D eigenvalue weighted by atomic mass is 35.5. The van der Waals surface area contributed by atoms with Crippen molar-refractivity contribution in [3.05, 3.63) is 45.1 Å². The van der Waals surface area contributed by atoms with Crippen molar-refractivity contribution in [3.63, 3.8) is 0 Å². The molecule has 0 aliphatic rings. The summed E-state index contributed by atoms with van der Waals surface area (Å²) >= 11 is 7.21. The Morgan fingerprint density at radius 1 is 1.37 bits per heavy atom. The number of halogens is 1. The Labute approximate surface area is 119 Å². The maximum absolute atomic E-state index is 11.2. The van der Waals surface area contributed by atoms with Crippen LogP contribution in [-0.2, 0) is 6.61 Å². The molecule has 0 aliphatic carbocycles. The van der Waals surface area contributed by atoms with E-state index in [0.29, 0.717) is 15.8 Å². The van der Waals surface area contributed by atoms with Gasteiger partial charge in [-0.3, -0.25) is 0 Å². The molecule has 0 amide bonds. The van der Waals surface area contributed by atoms with Crippen molar-refractivity contribution in [2.75, 3.05) is 7.11 Å². The summed E-state index contributed by atoms with van der Waals surface area (Å²) < 4.78 is 11.2. The Balaban J connectivity index is 2.17. The summed E-state index contributed by atoms with van der Waals surface area (Å²) in [5.41, 5.74) is 0.0713. The van der Waals surface area contributed by atoms with Crippen LogP contribution in [0.25, 0.3) is 0 Å².